The van der Waals surface area contributed by atoms with Crippen LogP contribution in [0.15, 0.2) is 30.3 Å². The van der Waals surface area contributed by atoms with E-state index in [2.05, 4.69) is 0 Å². The van der Waals surface area contributed by atoms with Crippen LogP contribution < -0.4 is 0 Å². The first-order valence-electron chi connectivity index (χ1n) is 8.65. The van der Waals surface area contributed by atoms with Crippen LogP contribution in [0, 0.1) is 5.92 Å². The van der Waals surface area contributed by atoms with Gasteiger partial charge in [-0.25, -0.2) is 0 Å². The molecule has 5 heteroatoms. The molecule has 3 rings (SSSR count). The van der Waals surface area contributed by atoms with E-state index < -0.39 is 11.4 Å². The van der Waals surface area contributed by atoms with E-state index in [9.17, 15) is 19.5 Å². The lowest BCUT2D eigenvalue weighted by Gasteiger charge is -2.29. The zero-order valence-electron chi connectivity index (χ0n) is 13.7. The van der Waals surface area contributed by atoms with E-state index in [1.54, 1.807) is 24.3 Å². The summed E-state index contributed by atoms with van der Waals surface area (Å²) in [5.74, 6) is -1.29. The van der Waals surface area contributed by atoms with Gasteiger partial charge in [0, 0.05) is 13.0 Å². The lowest BCUT2D eigenvalue weighted by Crippen LogP contribution is -2.42. The molecule has 1 saturated carbocycles. The molecule has 1 saturated heterocycles. The van der Waals surface area contributed by atoms with E-state index in [0.717, 1.165) is 25.7 Å². The molecule has 1 N–H and O–H groups in total. The van der Waals surface area contributed by atoms with Gasteiger partial charge in [0.05, 0.1) is 11.8 Å². The standard InChI is InChI=1S/C19H23NO4/c21-16-11-19(12-17(22)23,15-9-5-2-6-10-15)18(24)20(16)13-14-7-3-1-4-8-14/h2,5-6,9-10,14H,1,3-4,7-8,11-13H2,(H,22,23)/t19-/m1/s1. The molecule has 1 aromatic rings. The smallest absolute Gasteiger partial charge is 0.304 e. The lowest BCUT2D eigenvalue weighted by atomic mass is 9.76. The predicted molar refractivity (Wildman–Crippen MR) is 88.3 cm³/mol. The van der Waals surface area contributed by atoms with Gasteiger partial charge >= 0.3 is 5.97 Å². The van der Waals surface area contributed by atoms with Crippen molar-refractivity contribution >= 4 is 17.8 Å². The minimum absolute atomic E-state index is 0.0468. The van der Waals surface area contributed by atoms with Gasteiger partial charge in [-0.3, -0.25) is 19.3 Å². The average molecular weight is 329 g/mol. The van der Waals surface area contributed by atoms with Crippen LogP contribution in [0.1, 0.15) is 50.5 Å². The van der Waals surface area contributed by atoms with E-state index in [1.165, 1.54) is 11.3 Å². The Morgan fingerprint density at radius 3 is 2.42 bits per heavy atom. The third-order valence-corrected chi connectivity index (χ3v) is 5.35. The lowest BCUT2D eigenvalue weighted by molar-refractivity contribution is -0.145. The largest absolute Gasteiger partial charge is 0.481 e. The molecule has 0 unspecified atom stereocenters. The van der Waals surface area contributed by atoms with Crippen LogP contribution in [-0.4, -0.2) is 34.3 Å². The first-order valence-corrected chi connectivity index (χ1v) is 8.65. The number of nitrogens with zero attached hydrogens (tertiary/aromatic N) is 1. The third kappa shape index (κ3) is 3.07. The summed E-state index contributed by atoms with van der Waals surface area (Å²) < 4.78 is 0. The molecule has 5 nitrogen and oxygen atoms in total. The van der Waals surface area contributed by atoms with Crippen LogP contribution >= 0.6 is 0 Å². The van der Waals surface area contributed by atoms with Crippen molar-refractivity contribution in [2.45, 2.75) is 50.4 Å². The Labute approximate surface area is 141 Å². The Hall–Kier alpha value is -2.17. The summed E-state index contributed by atoms with van der Waals surface area (Å²) in [7, 11) is 0. The number of hydrogen-bond acceptors (Lipinski definition) is 3. The molecule has 24 heavy (non-hydrogen) atoms. The van der Waals surface area contributed by atoms with Crippen molar-refractivity contribution in [1.82, 2.24) is 4.90 Å². The van der Waals surface area contributed by atoms with Gasteiger partial charge in [-0.05, 0) is 24.3 Å². The summed E-state index contributed by atoms with van der Waals surface area (Å²) in [5, 5.41) is 9.33. The van der Waals surface area contributed by atoms with Gasteiger partial charge in [-0.2, -0.15) is 0 Å². The topological polar surface area (TPSA) is 74.7 Å². The molecule has 0 spiro atoms. The van der Waals surface area contributed by atoms with Crippen molar-refractivity contribution in [3.05, 3.63) is 35.9 Å². The predicted octanol–water partition coefficient (Wildman–Crippen LogP) is 2.74. The van der Waals surface area contributed by atoms with Gasteiger partial charge in [0.25, 0.3) is 0 Å². The number of carboxylic acids is 1. The summed E-state index contributed by atoms with van der Waals surface area (Å²) in [6.07, 6.45) is 5.17. The second-order valence-corrected chi connectivity index (χ2v) is 7.01. The maximum atomic E-state index is 13.1. The molecule has 2 amide bonds. The van der Waals surface area contributed by atoms with E-state index in [4.69, 9.17) is 0 Å². The molecule has 1 atom stereocenters. The number of benzene rings is 1. The minimum atomic E-state index is -1.25. The molecular weight excluding hydrogens is 306 g/mol. The van der Waals surface area contributed by atoms with Gasteiger partial charge in [-0.1, -0.05) is 49.6 Å². The summed E-state index contributed by atoms with van der Waals surface area (Å²) >= 11 is 0. The molecule has 0 aromatic heterocycles. The Bertz CT molecular complexity index is 636. The Kier molecular flexibility index (Phi) is 4.69. The van der Waals surface area contributed by atoms with Crippen molar-refractivity contribution in [2.75, 3.05) is 6.54 Å². The fourth-order valence-corrected chi connectivity index (χ4v) is 4.09. The monoisotopic (exact) mass is 329 g/mol. The van der Waals surface area contributed by atoms with Crippen molar-refractivity contribution < 1.29 is 19.5 Å². The summed E-state index contributed by atoms with van der Waals surface area (Å²) in [5.41, 5.74) is -0.629. The highest BCUT2D eigenvalue weighted by Crippen LogP contribution is 2.40. The quantitative estimate of drug-likeness (QED) is 0.843. The van der Waals surface area contributed by atoms with E-state index in [1.807, 2.05) is 6.07 Å². The Morgan fingerprint density at radius 1 is 1.12 bits per heavy atom. The number of carboxylic acid groups (broad SMARTS) is 1. The molecule has 0 bridgehead atoms. The number of likely N-dealkylation sites (tertiary alicyclic amines) is 1. The molecule has 1 heterocycles. The van der Waals surface area contributed by atoms with Gasteiger partial charge in [-0.15, -0.1) is 0 Å². The number of hydrogen-bond donors (Lipinski definition) is 1. The van der Waals surface area contributed by atoms with Crippen LogP contribution in [0.5, 0.6) is 0 Å². The fourth-order valence-electron chi connectivity index (χ4n) is 4.09. The normalized spacial score (nSPS) is 25.2. The van der Waals surface area contributed by atoms with Gasteiger partial charge in [0.15, 0.2) is 0 Å². The SMILES string of the molecule is O=C(O)C[C@@]1(c2ccccc2)CC(=O)N(CC2CCCCC2)C1=O. The number of carbonyl (C=O) groups excluding carboxylic acids is 2. The van der Waals surface area contributed by atoms with Crippen LogP contribution in [0.4, 0.5) is 0 Å². The molecule has 1 aromatic carbocycles. The number of imide groups is 1. The molecule has 1 aliphatic heterocycles. The second-order valence-electron chi connectivity index (χ2n) is 7.01. The molecule has 2 fully saturated rings. The van der Waals surface area contributed by atoms with E-state index >= 15 is 0 Å². The van der Waals surface area contributed by atoms with Gasteiger partial charge < -0.3 is 5.11 Å². The Balaban J connectivity index is 1.88. The van der Waals surface area contributed by atoms with Crippen molar-refractivity contribution in [2.24, 2.45) is 5.92 Å². The average Bonchev–Trinajstić information content (AvgIpc) is 2.81. The molecule has 2 aliphatic rings. The molecule has 128 valence electrons. The zero-order valence-corrected chi connectivity index (χ0v) is 13.7. The fraction of sp³-hybridized carbons (Fsp3) is 0.526. The van der Waals surface area contributed by atoms with Crippen LogP contribution in [0.2, 0.25) is 0 Å². The highest BCUT2D eigenvalue weighted by Gasteiger charge is 2.54. The van der Waals surface area contributed by atoms with E-state index in [0.29, 0.717) is 18.0 Å². The summed E-state index contributed by atoms with van der Waals surface area (Å²) in [6.45, 7) is 0.436. The summed E-state index contributed by atoms with van der Waals surface area (Å²) in [6, 6.07) is 8.87. The van der Waals surface area contributed by atoms with E-state index in [-0.39, 0.29) is 24.7 Å². The van der Waals surface area contributed by atoms with Gasteiger partial charge in [0.1, 0.15) is 0 Å². The second kappa shape index (κ2) is 6.75. The number of carbonyl (C=O) groups is 3. The highest BCUT2D eigenvalue weighted by molar-refractivity contribution is 6.10. The molecule has 0 radical (unpaired) electrons. The number of amides is 2. The molecular formula is C19H23NO4. The Morgan fingerprint density at radius 2 is 1.79 bits per heavy atom. The maximum Gasteiger partial charge on any atom is 0.304 e. The van der Waals surface area contributed by atoms with Crippen molar-refractivity contribution in [3.63, 3.8) is 0 Å². The summed E-state index contributed by atoms with van der Waals surface area (Å²) in [4.78, 5) is 38.4. The van der Waals surface area contributed by atoms with Crippen LogP contribution in [-0.2, 0) is 19.8 Å². The van der Waals surface area contributed by atoms with Crippen molar-refractivity contribution in [1.29, 1.82) is 0 Å². The van der Waals surface area contributed by atoms with Crippen LogP contribution in [0.25, 0.3) is 0 Å². The first-order chi connectivity index (χ1) is 11.5. The maximum absolute atomic E-state index is 13.1. The van der Waals surface area contributed by atoms with Gasteiger partial charge in [0.2, 0.25) is 11.8 Å². The minimum Gasteiger partial charge on any atom is -0.481 e. The third-order valence-electron chi connectivity index (χ3n) is 5.35. The zero-order chi connectivity index (χ0) is 17.2. The number of aliphatic carboxylic acids is 1. The molecule has 1 aliphatic carbocycles. The van der Waals surface area contributed by atoms with Crippen LogP contribution in [0.3, 0.4) is 0 Å². The van der Waals surface area contributed by atoms with Crippen molar-refractivity contribution in [3.8, 4) is 0 Å². The first kappa shape index (κ1) is 16.7. The highest BCUT2D eigenvalue weighted by atomic mass is 16.4. The number of rotatable bonds is 5.